The summed E-state index contributed by atoms with van der Waals surface area (Å²) in [6, 6.07) is 6.19. The Hall–Kier alpha value is -2.54. The fourth-order valence-electron chi connectivity index (χ4n) is 3.27. The van der Waals surface area contributed by atoms with E-state index < -0.39 is 0 Å². The van der Waals surface area contributed by atoms with Crippen molar-refractivity contribution in [2.75, 3.05) is 37.9 Å². The molecule has 2 aromatic heterocycles. The molecule has 0 aliphatic carbocycles. The molecule has 1 saturated heterocycles. The monoisotopic (exact) mass is 412 g/mol. The number of rotatable bonds is 4. The number of carbonyl (C=O) groups is 1. The number of nitriles is 1. The standard InChI is InChI=1S/C19H20N6OS2/c1-12-3-4-14(17-16(12)13(9-20)10-21-17)23-28-19-22-15(11-27-19)18(26)25-7-5-24(2)6-8-25/h3-4,10-11,21,23H,5-8H2,1-2H3. The normalized spacial score (nSPS) is 15.0. The van der Waals surface area contributed by atoms with E-state index in [9.17, 15) is 10.1 Å². The van der Waals surface area contributed by atoms with Crippen LogP contribution in [0.4, 0.5) is 5.69 Å². The maximum atomic E-state index is 12.6. The Morgan fingerprint density at radius 2 is 2.14 bits per heavy atom. The molecule has 28 heavy (non-hydrogen) atoms. The first-order chi connectivity index (χ1) is 13.6. The summed E-state index contributed by atoms with van der Waals surface area (Å²) in [7, 11) is 2.07. The Bertz CT molecular complexity index is 1060. The van der Waals surface area contributed by atoms with Gasteiger partial charge in [-0.25, -0.2) is 4.98 Å². The van der Waals surface area contributed by atoms with Crippen LogP contribution in [0.15, 0.2) is 28.0 Å². The summed E-state index contributed by atoms with van der Waals surface area (Å²) in [5.41, 5.74) is 3.97. The van der Waals surface area contributed by atoms with Crippen LogP contribution >= 0.6 is 23.3 Å². The zero-order valence-corrected chi connectivity index (χ0v) is 17.3. The molecule has 1 fully saturated rings. The van der Waals surface area contributed by atoms with Gasteiger partial charge in [-0.15, -0.1) is 11.3 Å². The van der Waals surface area contributed by atoms with E-state index in [1.807, 2.05) is 29.3 Å². The van der Waals surface area contributed by atoms with Crippen LogP contribution in [-0.4, -0.2) is 58.9 Å². The highest BCUT2D eigenvalue weighted by Crippen LogP contribution is 2.32. The molecule has 4 rings (SSSR count). The van der Waals surface area contributed by atoms with Crippen molar-refractivity contribution in [3.05, 3.63) is 40.5 Å². The zero-order chi connectivity index (χ0) is 19.7. The van der Waals surface area contributed by atoms with E-state index >= 15 is 0 Å². The van der Waals surface area contributed by atoms with Crippen molar-refractivity contribution >= 4 is 45.8 Å². The van der Waals surface area contributed by atoms with Gasteiger partial charge in [0.2, 0.25) is 0 Å². The van der Waals surface area contributed by atoms with Gasteiger partial charge >= 0.3 is 0 Å². The molecule has 1 aliphatic rings. The lowest BCUT2D eigenvalue weighted by Gasteiger charge is -2.31. The Labute approximate surface area is 171 Å². The van der Waals surface area contributed by atoms with Crippen LogP contribution in [0.3, 0.4) is 0 Å². The van der Waals surface area contributed by atoms with Crippen molar-refractivity contribution in [2.45, 2.75) is 11.3 Å². The predicted octanol–water partition coefficient (Wildman–Crippen LogP) is 3.31. The second kappa shape index (κ2) is 7.83. The molecule has 0 unspecified atom stereocenters. The highest BCUT2D eigenvalue weighted by Gasteiger charge is 2.22. The van der Waals surface area contributed by atoms with E-state index in [-0.39, 0.29) is 5.91 Å². The quantitative estimate of drug-likeness (QED) is 0.639. The van der Waals surface area contributed by atoms with Crippen molar-refractivity contribution < 1.29 is 4.79 Å². The minimum Gasteiger partial charge on any atom is -0.358 e. The predicted molar refractivity (Wildman–Crippen MR) is 113 cm³/mol. The molecule has 1 aromatic carbocycles. The number of hydrogen-bond donors (Lipinski definition) is 2. The first kappa shape index (κ1) is 18.8. The maximum Gasteiger partial charge on any atom is 0.273 e. The molecule has 144 valence electrons. The van der Waals surface area contributed by atoms with E-state index in [0.717, 1.165) is 52.7 Å². The van der Waals surface area contributed by atoms with Crippen molar-refractivity contribution in [1.29, 1.82) is 5.26 Å². The van der Waals surface area contributed by atoms with Gasteiger partial charge in [0.05, 0.1) is 16.8 Å². The van der Waals surface area contributed by atoms with Crippen LogP contribution < -0.4 is 4.72 Å². The summed E-state index contributed by atoms with van der Waals surface area (Å²) in [6.45, 7) is 5.25. The second-order valence-corrected chi connectivity index (χ2v) is 8.70. The largest absolute Gasteiger partial charge is 0.358 e. The number of piperazine rings is 1. The van der Waals surface area contributed by atoms with Crippen LogP contribution in [0.2, 0.25) is 0 Å². The molecule has 1 aliphatic heterocycles. The SMILES string of the molecule is Cc1ccc(NSc2nc(C(=O)N3CCN(C)CC3)cs2)c2[nH]cc(C#N)c12. The minimum atomic E-state index is -0.00282. The van der Waals surface area contributed by atoms with Gasteiger partial charge in [-0.2, -0.15) is 5.26 Å². The minimum absolute atomic E-state index is 0.00282. The third-order valence-corrected chi connectivity index (χ3v) is 6.67. The molecule has 7 nitrogen and oxygen atoms in total. The average Bonchev–Trinajstić information content (AvgIpc) is 3.35. The number of likely N-dealkylation sites (N-methyl/N-ethyl adjacent to an activating group) is 1. The first-order valence-corrected chi connectivity index (χ1v) is 10.6. The molecule has 0 spiro atoms. The molecule has 0 saturated carbocycles. The number of amides is 1. The van der Waals surface area contributed by atoms with Gasteiger partial charge in [0.1, 0.15) is 11.8 Å². The number of thiazole rings is 1. The number of fused-ring (bicyclic) bond motifs is 1. The number of benzene rings is 1. The maximum absolute atomic E-state index is 12.6. The van der Waals surface area contributed by atoms with E-state index in [0.29, 0.717) is 11.3 Å². The van der Waals surface area contributed by atoms with Crippen molar-refractivity contribution in [3.63, 3.8) is 0 Å². The number of hydrogen-bond acceptors (Lipinski definition) is 7. The topological polar surface area (TPSA) is 88.1 Å². The van der Waals surface area contributed by atoms with E-state index in [1.54, 1.807) is 6.20 Å². The van der Waals surface area contributed by atoms with Gasteiger partial charge in [-0.1, -0.05) is 6.07 Å². The van der Waals surface area contributed by atoms with Gasteiger partial charge < -0.3 is 19.5 Å². The number of nitrogens with one attached hydrogen (secondary N) is 2. The van der Waals surface area contributed by atoms with Gasteiger partial charge in [0.15, 0.2) is 4.34 Å². The summed E-state index contributed by atoms with van der Waals surface area (Å²) in [6.07, 6.45) is 1.73. The summed E-state index contributed by atoms with van der Waals surface area (Å²) in [5, 5.41) is 12.0. The summed E-state index contributed by atoms with van der Waals surface area (Å²) in [5.74, 6) is -0.00282. The molecule has 2 N–H and O–H groups in total. The molecular weight excluding hydrogens is 392 g/mol. The van der Waals surface area contributed by atoms with Gasteiger partial charge in [0.25, 0.3) is 5.91 Å². The molecule has 1 amide bonds. The van der Waals surface area contributed by atoms with Crippen LogP contribution in [-0.2, 0) is 0 Å². The summed E-state index contributed by atoms with van der Waals surface area (Å²) >= 11 is 2.82. The fourth-order valence-corrected chi connectivity index (χ4v) is 4.76. The van der Waals surface area contributed by atoms with Crippen LogP contribution in [0, 0.1) is 18.3 Å². The number of anilines is 1. The van der Waals surface area contributed by atoms with E-state index in [1.165, 1.54) is 23.3 Å². The highest BCUT2D eigenvalue weighted by atomic mass is 32.2. The highest BCUT2D eigenvalue weighted by molar-refractivity contribution is 8.02. The average molecular weight is 413 g/mol. The summed E-state index contributed by atoms with van der Waals surface area (Å²) < 4.78 is 4.07. The lowest BCUT2D eigenvalue weighted by molar-refractivity contribution is 0.0658. The Morgan fingerprint density at radius 1 is 1.36 bits per heavy atom. The fraction of sp³-hybridized carbons (Fsp3) is 0.316. The van der Waals surface area contributed by atoms with Crippen LogP contribution in [0.25, 0.3) is 10.9 Å². The lowest BCUT2D eigenvalue weighted by atomic mass is 10.1. The number of aryl methyl sites for hydroxylation is 1. The molecule has 0 radical (unpaired) electrons. The van der Waals surface area contributed by atoms with Gasteiger partial charge in [-0.05, 0) is 25.6 Å². The molecule has 0 atom stereocenters. The number of aromatic nitrogens is 2. The van der Waals surface area contributed by atoms with Crippen LogP contribution in [0.5, 0.6) is 0 Å². The second-order valence-electron chi connectivity index (χ2n) is 6.79. The number of aromatic amines is 1. The smallest absolute Gasteiger partial charge is 0.273 e. The number of H-pyrrole nitrogens is 1. The molecule has 0 bridgehead atoms. The Morgan fingerprint density at radius 3 is 2.89 bits per heavy atom. The lowest BCUT2D eigenvalue weighted by Crippen LogP contribution is -2.47. The molecular formula is C19H20N6OS2. The Kier molecular flexibility index (Phi) is 5.26. The third kappa shape index (κ3) is 3.58. The van der Waals surface area contributed by atoms with Gasteiger partial charge in [-0.3, -0.25) is 4.79 Å². The Balaban J connectivity index is 1.46. The van der Waals surface area contributed by atoms with Gasteiger partial charge in [0, 0.05) is 55.1 Å². The number of carbonyl (C=O) groups excluding carboxylic acids is 1. The van der Waals surface area contributed by atoms with Crippen LogP contribution in [0.1, 0.15) is 21.6 Å². The third-order valence-electron chi connectivity index (χ3n) is 4.91. The van der Waals surface area contributed by atoms with Crippen molar-refractivity contribution in [1.82, 2.24) is 19.8 Å². The number of nitrogens with zero attached hydrogens (tertiary/aromatic N) is 4. The van der Waals surface area contributed by atoms with E-state index in [2.05, 4.69) is 32.7 Å². The van der Waals surface area contributed by atoms with Crippen molar-refractivity contribution in [3.8, 4) is 6.07 Å². The molecule has 3 aromatic rings. The molecule has 3 heterocycles. The van der Waals surface area contributed by atoms with Crippen molar-refractivity contribution in [2.24, 2.45) is 0 Å². The summed E-state index contributed by atoms with van der Waals surface area (Å²) in [4.78, 5) is 24.4. The first-order valence-electron chi connectivity index (χ1n) is 8.94. The molecule has 9 heteroatoms. The zero-order valence-electron chi connectivity index (χ0n) is 15.7. The van der Waals surface area contributed by atoms with E-state index in [4.69, 9.17) is 0 Å².